The molecule has 0 heterocycles. The largest absolute Gasteiger partial charge is 0.493 e. The third-order valence-electron chi connectivity index (χ3n) is 7.34. The van der Waals surface area contributed by atoms with E-state index >= 15 is 0 Å². The Labute approximate surface area is 173 Å². The molecular formula is C24H33NO4. The molecule has 5 heteroatoms. The summed E-state index contributed by atoms with van der Waals surface area (Å²) in [6.07, 6.45) is 8.04. The lowest BCUT2D eigenvalue weighted by Gasteiger charge is -2.59. The first-order chi connectivity index (χ1) is 13.9. The first-order valence-corrected chi connectivity index (χ1v) is 11.1. The summed E-state index contributed by atoms with van der Waals surface area (Å²) in [6.45, 7) is 4.19. The molecule has 0 radical (unpaired) electrons. The van der Waals surface area contributed by atoms with Crippen LogP contribution in [0.25, 0.3) is 0 Å². The Morgan fingerprint density at radius 1 is 1.07 bits per heavy atom. The predicted octanol–water partition coefficient (Wildman–Crippen LogP) is 4.03. The van der Waals surface area contributed by atoms with Crippen LogP contribution in [0.15, 0.2) is 24.3 Å². The molecule has 0 spiro atoms. The lowest BCUT2D eigenvalue weighted by Crippen LogP contribution is -2.56. The average Bonchev–Trinajstić information content (AvgIpc) is 2.67. The van der Waals surface area contributed by atoms with Crippen LogP contribution >= 0.6 is 0 Å². The zero-order valence-electron chi connectivity index (χ0n) is 17.6. The molecule has 4 bridgehead atoms. The Balaban J connectivity index is 1.17. The molecule has 1 amide bonds. The van der Waals surface area contributed by atoms with Gasteiger partial charge in [-0.15, -0.1) is 0 Å². The molecule has 0 saturated heterocycles. The third-order valence-corrected chi connectivity index (χ3v) is 7.34. The molecule has 1 aromatic carbocycles. The second-order valence-electron chi connectivity index (χ2n) is 9.64. The van der Waals surface area contributed by atoms with Crippen LogP contribution in [0.5, 0.6) is 5.75 Å². The quantitative estimate of drug-likeness (QED) is 0.671. The molecule has 5 nitrogen and oxygen atoms in total. The zero-order chi connectivity index (χ0) is 20.4. The van der Waals surface area contributed by atoms with Crippen molar-refractivity contribution in [3.63, 3.8) is 0 Å². The number of hydrogen-bond donors (Lipinski definition) is 1. The summed E-state index contributed by atoms with van der Waals surface area (Å²) in [5.74, 6) is 2.69. The van der Waals surface area contributed by atoms with Crippen molar-refractivity contribution in [1.82, 2.24) is 5.32 Å². The minimum atomic E-state index is -0.408. The number of aryl methyl sites for hydroxylation is 1. The minimum Gasteiger partial charge on any atom is -0.493 e. The molecule has 1 atom stereocenters. The van der Waals surface area contributed by atoms with Gasteiger partial charge in [0.05, 0.1) is 13.0 Å². The normalized spacial score (nSPS) is 30.6. The molecule has 5 rings (SSSR count). The summed E-state index contributed by atoms with van der Waals surface area (Å²) in [7, 11) is 0. The van der Waals surface area contributed by atoms with Crippen LogP contribution in [0, 0.1) is 30.1 Å². The smallest absolute Gasteiger partial charge is 0.309 e. The third kappa shape index (κ3) is 4.76. The van der Waals surface area contributed by atoms with Crippen molar-refractivity contribution >= 4 is 11.9 Å². The fourth-order valence-corrected chi connectivity index (χ4v) is 6.25. The maximum absolute atomic E-state index is 12.4. The SMILES string of the molecule is Cc1ccc(OCCC(=O)OCC(=O)N[C@H](C)C23CC4CC(CC(C4)C2)C3)cc1. The highest BCUT2D eigenvalue weighted by Crippen LogP contribution is 2.61. The highest BCUT2D eigenvalue weighted by atomic mass is 16.5. The van der Waals surface area contributed by atoms with Crippen LogP contribution in [0.2, 0.25) is 0 Å². The summed E-state index contributed by atoms with van der Waals surface area (Å²) in [5, 5.41) is 3.13. The topological polar surface area (TPSA) is 64.6 Å². The molecule has 29 heavy (non-hydrogen) atoms. The van der Waals surface area contributed by atoms with E-state index in [0.29, 0.717) is 0 Å². The van der Waals surface area contributed by atoms with E-state index in [9.17, 15) is 9.59 Å². The summed E-state index contributed by atoms with van der Waals surface area (Å²) in [6, 6.07) is 7.82. The van der Waals surface area contributed by atoms with Crippen molar-refractivity contribution in [2.75, 3.05) is 13.2 Å². The fraction of sp³-hybridized carbons (Fsp3) is 0.667. The van der Waals surface area contributed by atoms with Crippen LogP contribution in [-0.2, 0) is 14.3 Å². The van der Waals surface area contributed by atoms with E-state index < -0.39 is 5.97 Å². The number of esters is 1. The van der Waals surface area contributed by atoms with Crippen molar-refractivity contribution < 1.29 is 19.1 Å². The van der Waals surface area contributed by atoms with Gasteiger partial charge >= 0.3 is 5.97 Å². The van der Waals surface area contributed by atoms with Crippen molar-refractivity contribution in [2.24, 2.45) is 23.2 Å². The lowest BCUT2D eigenvalue weighted by molar-refractivity contribution is -0.150. The standard InChI is InChI=1S/C24H33NO4/c1-16-3-5-21(6-4-16)28-8-7-23(27)29-15-22(26)25-17(2)24-12-18-9-19(13-24)11-20(10-18)14-24/h3-6,17-20H,7-15H2,1-2H3,(H,25,26)/t17-,18?,19?,20?,24?/m1/s1. The van der Waals surface area contributed by atoms with Gasteiger partial charge in [0.2, 0.25) is 0 Å². The highest BCUT2D eigenvalue weighted by molar-refractivity contribution is 5.80. The van der Waals surface area contributed by atoms with E-state index in [-0.39, 0.29) is 37.0 Å². The molecular weight excluding hydrogens is 366 g/mol. The Hall–Kier alpha value is -2.04. The highest BCUT2D eigenvalue weighted by Gasteiger charge is 2.53. The van der Waals surface area contributed by atoms with E-state index in [2.05, 4.69) is 12.2 Å². The number of amides is 1. The number of rotatable bonds is 8. The number of ether oxygens (including phenoxy) is 2. The van der Waals surface area contributed by atoms with E-state index in [0.717, 1.165) is 29.1 Å². The average molecular weight is 400 g/mol. The second-order valence-corrected chi connectivity index (χ2v) is 9.64. The predicted molar refractivity (Wildman–Crippen MR) is 110 cm³/mol. The molecule has 1 N–H and O–H groups in total. The number of nitrogens with one attached hydrogen (secondary N) is 1. The van der Waals surface area contributed by atoms with E-state index in [1.807, 2.05) is 31.2 Å². The van der Waals surface area contributed by atoms with Gasteiger partial charge < -0.3 is 14.8 Å². The Morgan fingerprint density at radius 2 is 1.66 bits per heavy atom. The van der Waals surface area contributed by atoms with E-state index in [1.165, 1.54) is 38.5 Å². The molecule has 4 saturated carbocycles. The van der Waals surface area contributed by atoms with Crippen LogP contribution in [0.1, 0.15) is 57.4 Å². The number of benzene rings is 1. The summed E-state index contributed by atoms with van der Waals surface area (Å²) in [5.41, 5.74) is 1.42. The molecule has 158 valence electrons. The molecule has 4 aliphatic carbocycles. The number of carbonyl (C=O) groups excluding carboxylic acids is 2. The van der Waals surface area contributed by atoms with Crippen LogP contribution < -0.4 is 10.1 Å². The first kappa shape index (κ1) is 20.2. The molecule has 4 aliphatic rings. The van der Waals surface area contributed by atoms with Gasteiger partial charge in [-0.1, -0.05) is 17.7 Å². The van der Waals surface area contributed by atoms with Gasteiger partial charge in [-0.25, -0.2) is 0 Å². The summed E-state index contributed by atoms with van der Waals surface area (Å²) >= 11 is 0. The Morgan fingerprint density at radius 3 is 2.24 bits per heavy atom. The Kier molecular flexibility index (Phi) is 5.84. The number of hydrogen-bond acceptors (Lipinski definition) is 4. The molecule has 1 aromatic rings. The monoisotopic (exact) mass is 399 g/mol. The van der Waals surface area contributed by atoms with Crippen LogP contribution in [-0.4, -0.2) is 31.1 Å². The van der Waals surface area contributed by atoms with Gasteiger partial charge in [-0.05, 0) is 87.7 Å². The molecule has 0 unspecified atom stereocenters. The fourth-order valence-electron chi connectivity index (χ4n) is 6.25. The van der Waals surface area contributed by atoms with Crippen molar-refractivity contribution in [1.29, 1.82) is 0 Å². The Bertz CT molecular complexity index is 706. The lowest BCUT2D eigenvalue weighted by atomic mass is 9.48. The maximum atomic E-state index is 12.4. The van der Waals surface area contributed by atoms with Crippen molar-refractivity contribution in [2.45, 2.75) is 64.8 Å². The summed E-state index contributed by atoms with van der Waals surface area (Å²) in [4.78, 5) is 24.3. The van der Waals surface area contributed by atoms with E-state index in [1.54, 1.807) is 0 Å². The van der Waals surface area contributed by atoms with Gasteiger partial charge in [0.1, 0.15) is 5.75 Å². The zero-order valence-corrected chi connectivity index (χ0v) is 17.6. The van der Waals surface area contributed by atoms with Gasteiger partial charge in [-0.3, -0.25) is 9.59 Å². The first-order valence-electron chi connectivity index (χ1n) is 11.1. The van der Waals surface area contributed by atoms with Gasteiger partial charge in [0.15, 0.2) is 6.61 Å². The van der Waals surface area contributed by atoms with Crippen molar-refractivity contribution in [3.05, 3.63) is 29.8 Å². The van der Waals surface area contributed by atoms with Gasteiger partial charge in [-0.2, -0.15) is 0 Å². The van der Waals surface area contributed by atoms with Crippen LogP contribution in [0.4, 0.5) is 0 Å². The van der Waals surface area contributed by atoms with Crippen LogP contribution in [0.3, 0.4) is 0 Å². The number of carbonyl (C=O) groups is 2. The molecule has 0 aromatic heterocycles. The molecule has 0 aliphatic heterocycles. The summed E-state index contributed by atoms with van der Waals surface area (Å²) < 4.78 is 10.7. The minimum absolute atomic E-state index is 0.131. The van der Waals surface area contributed by atoms with Gasteiger partial charge in [0, 0.05) is 6.04 Å². The second kappa shape index (κ2) is 8.37. The maximum Gasteiger partial charge on any atom is 0.309 e. The van der Waals surface area contributed by atoms with Gasteiger partial charge in [0.25, 0.3) is 5.91 Å². The van der Waals surface area contributed by atoms with Crippen molar-refractivity contribution in [3.8, 4) is 5.75 Å². The van der Waals surface area contributed by atoms with E-state index in [4.69, 9.17) is 9.47 Å². The molecule has 4 fully saturated rings.